The molecule has 3 nitrogen and oxygen atoms in total. The van der Waals surface area contributed by atoms with Gasteiger partial charge in [-0.2, -0.15) is 0 Å². The van der Waals surface area contributed by atoms with Gasteiger partial charge in [0.15, 0.2) is 0 Å². The lowest BCUT2D eigenvalue weighted by atomic mass is 10.1. The molecular formula is C13H19NO2. The van der Waals surface area contributed by atoms with E-state index in [0.29, 0.717) is 18.9 Å². The lowest BCUT2D eigenvalue weighted by Crippen LogP contribution is -2.24. The van der Waals surface area contributed by atoms with Gasteiger partial charge < -0.3 is 10.4 Å². The number of hydrogen-bond acceptors (Lipinski definition) is 2. The molecule has 0 radical (unpaired) electrons. The van der Waals surface area contributed by atoms with Crippen LogP contribution in [-0.2, 0) is 11.3 Å². The standard InChI is InChI=1S/C13H19NO2/c1-3-10(2)8-13(16)14-9-11-6-4-5-7-12(11)15/h4-7,10,15H,3,8-9H2,1-2H3,(H,14,16). The molecule has 16 heavy (non-hydrogen) atoms. The normalized spacial score (nSPS) is 12.1. The Kier molecular flexibility index (Phi) is 4.83. The number of aromatic hydroxyl groups is 1. The summed E-state index contributed by atoms with van der Waals surface area (Å²) >= 11 is 0. The average molecular weight is 221 g/mol. The number of para-hydroxylation sites is 1. The second kappa shape index (κ2) is 6.16. The summed E-state index contributed by atoms with van der Waals surface area (Å²) in [4.78, 5) is 11.5. The summed E-state index contributed by atoms with van der Waals surface area (Å²) in [6.07, 6.45) is 1.55. The predicted octanol–water partition coefficient (Wildman–Crippen LogP) is 2.44. The van der Waals surface area contributed by atoms with Gasteiger partial charge in [0.1, 0.15) is 5.75 Å². The molecule has 1 aromatic carbocycles. The highest BCUT2D eigenvalue weighted by atomic mass is 16.3. The maximum Gasteiger partial charge on any atom is 0.220 e. The first-order valence-corrected chi connectivity index (χ1v) is 5.67. The zero-order chi connectivity index (χ0) is 12.0. The van der Waals surface area contributed by atoms with Crippen LogP contribution in [0.5, 0.6) is 5.75 Å². The van der Waals surface area contributed by atoms with E-state index in [4.69, 9.17) is 0 Å². The highest BCUT2D eigenvalue weighted by Crippen LogP contribution is 2.15. The third-order valence-electron chi connectivity index (χ3n) is 2.70. The molecule has 0 aromatic heterocycles. The van der Waals surface area contributed by atoms with Crippen molar-refractivity contribution in [3.63, 3.8) is 0 Å². The molecule has 2 N–H and O–H groups in total. The van der Waals surface area contributed by atoms with Crippen molar-refractivity contribution in [3.8, 4) is 5.75 Å². The van der Waals surface area contributed by atoms with Crippen LogP contribution in [0.15, 0.2) is 24.3 Å². The van der Waals surface area contributed by atoms with E-state index in [-0.39, 0.29) is 11.7 Å². The van der Waals surface area contributed by atoms with Crippen LogP contribution in [0.25, 0.3) is 0 Å². The van der Waals surface area contributed by atoms with E-state index in [1.165, 1.54) is 0 Å². The molecule has 0 heterocycles. The lowest BCUT2D eigenvalue weighted by Gasteiger charge is -2.09. The smallest absolute Gasteiger partial charge is 0.220 e. The van der Waals surface area contributed by atoms with E-state index in [1.54, 1.807) is 18.2 Å². The lowest BCUT2D eigenvalue weighted by molar-refractivity contribution is -0.122. The maximum absolute atomic E-state index is 11.5. The molecule has 88 valence electrons. The maximum atomic E-state index is 11.5. The van der Waals surface area contributed by atoms with E-state index >= 15 is 0 Å². The predicted molar refractivity (Wildman–Crippen MR) is 64.0 cm³/mol. The molecule has 0 saturated carbocycles. The highest BCUT2D eigenvalue weighted by molar-refractivity contribution is 5.76. The van der Waals surface area contributed by atoms with Gasteiger partial charge in [0.2, 0.25) is 5.91 Å². The molecule has 1 amide bonds. The Morgan fingerprint density at radius 2 is 2.12 bits per heavy atom. The monoisotopic (exact) mass is 221 g/mol. The minimum absolute atomic E-state index is 0.0394. The van der Waals surface area contributed by atoms with Crippen LogP contribution in [0.1, 0.15) is 32.3 Å². The molecule has 0 aliphatic heterocycles. The van der Waals surface area contributed by atoms with Gasteiger partial charge in [0, 0.05) is 18.5 Å². The summed E-state index contributed by atoms with van der Waals surface area (Å²) in [5.74, 6) is 0.674. The van der Waals surface area contributed by atoms with Crippen molar-refractivity contribution in [2.24, 2.45) is 5.92 Å². The number of phenols is 1. The van der Waals surface area contributed by atoms with Crippen LogP contribution >= 0.6 is 0 Å². The number of carbonyl (C=O) groups excluding carboxylic acids is 1. The molecule has 3 heteroatoms. The Hall–Kier alpha value is -1.51. The summed E-state index contributed by atoms with van der Waals surface area (Å²) in [5, 5.41) is 12.3. The first-order valence-electron chi connectivity index (χ1n) is 5.67. The molecular weight excluding hydrogens is 202 g/mol. The Bertz CT molecular complexity index is 350. The van der Waals surface area contributed by atoms with Crippen LogP contribution in [0.3, 0.4) is 0 Å². The van der Waals surface area contributed by atoms with Gasteiger partial charge in [-0.3, -0.25) is 4.79 Å². The minimum atomic E-state index is 0.0394. The van der Waals surface area contributed by atoms with Gasteiger partial charge >= 0.3 is 0 Å². The molecule has 1 unspecified atom stereocenters. The molecule has 0 saturated heterocycles. The summed E-state index contributed by atoms with van der Waals surface area (Å²) < 4.78 is 0. The van der Waals surface area contributed by atoms with Gasteiger partial charge in [-0.1, -0.05) is 38.5 Å². The topological polar surface area (TPSA) is 49.3 Å². The number of phenolic OH excluding ortho intramolecular Hbond substituents is 1. The fraction of sp³-hybridized carbons (Fsp3) is 0.462. The first kappa shape index (κ1) is 12.6. The van der Waals surface area contributed by atoms with Gasteiger partial charge in [-0.05, 0) is 12.0 Å². The van der Waals surface area contributed by atoms with E-state index in [9.17, 15) is 9.90 Å². The Balaban J connectivity index is 2.40. The number of rotatable bonds is 5. The van der Waals surface area contributed by atoms with Crippen LogP contribution in [0.4, 0.5) is 0 Å². The number of carbonyl (C=O) groups is 1. The second-order valence-corrected chi connectivity index (χ2v) is 4.12. The number of hydrogen-bond donors (Lipinski definition) is 2. The third-order valence-corrected chi connectivity index (χ3v) is 2.70. The Labute approximate surface area is 96.5 Å². The number of nitrogens with one attached hydrogen (secondary N) is 1. The van der Waals surface area contributed by atoms with E-state index < -0.39 is 0 Å². The summed E-state index contributed by atoms with van der Waals surface area (Å²) in [7, 11) is 0. The van der Waals surface area contributed by atoms with Crippen molar-refractivity contribution in [2.75, 3.05) is 0 Å². The zero-order valence-electron chi connectivity index (χ0n) is 9.86. The van der Waals surface area contributed by atoms with Crippen molar-refractivity contribution in [1.29, 1.82) is 0 Å². The fourth-order valence-electron chi connectivity index (χ4n) is 1.39. The SMILES string of the molecule is CCC(C)CC(=O)NCc1ccccc1O. The van der Waals surface area contributed by atoms with Gasteiger partial charge in [-0.15, -0.1) is 0 Å². The van der Waals surface area contributed by atoms with Crippen molar-refractivity contribution >= 4 is 5.91 Å². The van der Waals surface area contributed by atoms with E-state index in [2.05, 4.69) is 19.2 Å². The largest absolute Gasteiger partial charge is 0.508 e. The Morgan fingerprint density at radius 3 is 2.75 bits per heavy atom. The van der Waals surface area contributed by atoms with Gasteiger partial charge in [0.25, 0.3) is 0 Å². The van der Waals surface area contributed by atoms with Crippen LogP contribution < -0.4 is 5.32 Å². The number of amides is 1. The van der Waals surface area contributed by atoms with Crippen LogP contribution in [-0.4, -0.2) is 11.0 Å². The Morgan fingerprint density at radius 1 is 1.44 bits per heavy atom. The average Bonchev–Trinajstić information content (AvgIpc) is 2.28. The molecule has 0 bridgehead atoms. The molecule has 0 aliphatic rings. The van der Waals surface area contributed by atoms with Crippen LogP contribution in [0, 0.1) is 5.92 Å². The molecule has 0 fully saturated rings. The van der Waals surface area contributed by atoms with Crippen LogP contribution in [0.2, 0.25) is 0 Å². The summed E-state index contributed by atoms with van der Waals surface area (Å²) in [5.41, 5.74) is 0.750. The van der Waals surface area contributed by atoms with E-state index in [0.717, 1.165) is 12.0 Å². The van der Waals surface area contributed by atoms with Gasteiger partial charge in [0.05, 0.1) is 0 Å². The minimum Gasteiger partial charge on any atom is -0.508 e. The van der Waals surface area contributed by atoms with Crippen molar-refractivity contribution in [3.05, 3.63) is 29.8 Å². The molecule has 0 spiro atoms. The number of benzene rings is 1. The first-order chi connectivity index (χ1) is 7.63. The molecule has 0 aliphatic carbocycles. The van der Waals surface area contributed by atoms with Gasteiger partial charge in [-0.25, -0.2) is 0 Å². The summed E-state index contributed by atoms with van der Waals surface area (Å²) in [6, 6.07) is 7.03. The van der Waals surface area contributed by atoms with Crippen molar-refractivity contribution < 1.29 is 9.90 Å². The molecule has 1 aromatic rings. The van der Waals surface area contributed by atoms with Crippen molar-refractivity contribution in [1.82, 2.24) is 5.32 Å². The fourth-order valence-corrected chi connectivity index (χ4v) is 1.39. The van der Waals surface area contributed by atoms with E-state index in [1.807, 2.05) is 6.07 Å². The summed E-state index contributed by atoms with van der Waals surface area (Å²) in [6.45, 7) is 4.52. The third kappa shape index (κ3) is 3.93. The molecule has 1 rings (SSSR count). The second-order valence-electron chi connectivity index (χ2n) is 4.12. The quantitative estimate of drug-likeness (QED) is 0.802. The molecule has 1 atom stereocenters. The highest BCUT2D eigenvalue weighted by Gasteiger charge is 2.07. The van der Waals surface area contributed by atoms with Crippen molar-refractivity contribution in [2.45, 2.75) is 33.2 Å². The zero-order valence-corrected chi connectivity index (χ0v) is 9.86.